The average Bonchev–Trinajstić information content (AvgIpc) is 2.29. The maximum Gasteiger partial charge on any atom is 0.175 e. The highest BCUT2D eigenvalue weighted by molar-refractivity contribution is 7.90. The number of hydrogen-bond acceptors (Lipinski definition) is 4. The predicted octanol–water partition coefficient (Wildman–Crippen LogP) is 1.39. The van der Waals surface area contributed by atoms with E-state index in [1.54, 1.807) is 12.1 Å². The lowest BCUT2D eigenvalue weighted by atomic mass is 10.1. The molecule has 0 bridgehead atoms. The summed E-state index contributed by atoms with van der Waals surface area (Å²) in [5, 5.41) is 3.14. The van der Waals surface area contributed by atoms with Crippen LogP contribution < -0.4 is 5.32 Å². The molecule has 1 aromatic carbocycles. The minimum Gasteiger partial charge on any atom is -0.380 e. The highest BCUT2D eigenvalue weighted by atomic mass is 32.2. The summed E-state index contributed by atoms with van der Waals surface area (Å²) in [5.74, 6) is 0. The second-order valence-corrected chi connectivity index (χ2v) is 5.86. The van der Waals surface area contributed by atoms with Crippen LogP contribution in [0.5, 0.6) is 0 Å². The number of nitrogens with one attached hydrogen (secondary N) is 1. The lowest BCUT2D eigenvalue weighted by Gasteiger charge is -2.16. The fraction of sp³-hybridized carbons (Fsp3) is 0.500. The Morgan fingerprint density at radius 2 is 1.88 bits per heavy atom. The normalized spacial score (nSPS) is 13.6. The van der Waals surface area contributed by atoms with Crippen LogP contribution in [0.2, 0.25) is 0 Å². The smallest absolute Gasteiger partial charge is 0.175 e. The topological polar surface area (TPSA) is 55.4 Å². The molecule has 96 valence electrons. The van der Waals surface area contributed by atoms with Gasteiger partial charge < -0.3 is 10.1 Å². The van der Waals surface area contributed by atoms with Gasteiger partial charge in [-0.15, -0.1) is 0 Å². The molecule has 0 amide bonds. The SMILES string of the molecule is CCOCC(NC)c1ccc(S(C)(=O)=O)cc1. The van der Waals surface area contributed by atoms with Gasteiger partial charge in [0.1, 0.15) is 0 Å². The van der Waals surface area contributed by atoms with E-state index in [2.05, 4.69) is 5.32 Å². The van der Waals surface area contributed by atoms with Crippen LogP contribution in [-0.2, 0) is 14.6 Å². The molecule has 1 N–H and O–H groups in total. The number of hydrogen-bond donors (Lipinski definition) is 1. The Labute approximate surface area is 103 Å². The molecule has 0 aromatic heterocycles. The lowest BCUT2D eigenvalue weighted by Crippen LogP contribution is -2.21. The zero-order valence-corrected chi connectivity index (χ0v) is 11.3. The third-order valence-electron chi connectivity index (χ3n) is 2.55. The Balaban J connectivity index is 2.85. The molecule has 1 rings (SSSR count). The zero-order chi connectivity index (χ0) is 12.9. The van der Waals surface area contributed by atoms with Gasteiger partial charge in [0.05, 0.1) is 17.5 Å². The number of ether oxygens (including phenoxy) is 1. The summed E-state index contributed by atoms with van der Waals surface area (Å²) >= 11 is 0. The van der Waals surface area contributed by atoms with Gasteiger partial charge in [-0.3, -0.25) is 0 Å². The second kappa shape index (κ2) is 6.14. The highest BCUT2D eigenvalue weighted by Crippen LogP contribution is 2.16. The van der Waals surface area contributed by atoms with E-state index >= 15 is 0 Å². The van der Waals surface area contributed by atoms with Gasteiger partial charge in [-0.1, -0.05) is 12.1 Å². The molecule has 0 spiro atoms. The molecular formula is C12H19NO3S. The highest BCUT2D eigenvalue weighted by Gasteiger charge is 2.11. The van der Waals surface area contributed by atoms with Gasteiger partial charge in [0.2, 0.25) is 0 Å². The van der Waals surface area contributed by atoms with Crippen LogP contribution >= 0.6 is 0 Å². The van der Waals surface area contributed by atoms with Crippen molar-refractivity contribution in [3.8, 4) is 0 Å². The van der Waals surface area contributed by atoms with Crippen molar-refractivity contribution in [3.05, 3.63) is 29.8 Å². The molecule has 0 fully saturated rings. The summed E-state index contributed by atoms with van der Waals surface area (Å²) in [4.78, 5) is 0.340. The second-order valence-electron chi connectivity index (χ2n) is 3.84. The predicted molar refractivity (Wildman–Crippen MR) is 67.8 cm³/mol. The first-order valence-electron chi connectivity index (χ1n) is 5.54. The summed E-state index contributed by atoms with van der Waals surface area (Å²) in [6.07, 6.45) is 1.21. The van der Waals surface area contributed by atoms with Crippen molar-refractivity contribution in [3.63, 3.8) is 0 Å². The van der Waals surface area contributed by atoms with E-state index < -0.39 is 9.84 Å². The quantitative estimate of drug-likeness (QED) is 0.836. The summed E-state index contributed by atoms with van der Waals surface area (Å²) < 4.78 is 28.0. The van der Waals surface area contributed by atoms with Crippen LogP contribution in [0.3, 0.4) is 0 Å². The van der Waals surface area contributed by atoms with Crippen LogP contribution in [0.25, 0.3) is 0 Å². The summed E-state index contributed by atoms with van der Waals surface area (Å²) in [6.45, 7) is 3.18. The van der Waals surface area contributed by atoms with Crippen LogP contribution in [-0.4, -0.2) is 34.9 Å². The Morgan fingerprint density at radius 3 is 2.29 bits per heavy atom. The molecule has 1 atom stereocenters. The molecule has 5 heteroatoms. The van der Waals surface area contributed by atoms with E-state index in [1.807, 2.05) is 26.1 Å². The van der Waals surface area contributed by atoms with E-state index in [9.17, 15) is 8.42 Å². The number of benzene rings is 1. The molecule has 0 aliphatic rings. The first-order valence-corrected chi connectivity index (χ1v) is 7.43. The van der Waals surface area contributed by atoms with Crippen molar-refractivity contribution in [2.75, 3.05) is 26.5 Å². The third kappa shape index (κ3) is 4.11. The Morgan fingerprint density at radius 1 is 1.29 bits per heavy atom. The van der Waals surface area contributed by atoms with Gasteiger partial charge in [-0.05, 0) is 31.7 Å². The van der Waals surface area contributed by atoms with Gasteiger partial charge in [0, 0.05) is 12.9 Å². The summed E-state index contributed by atoms with van der Waals surface area (Å²) in [6, 6.07) is 6.97. The monoisotopic (exact) mass is 257 g/mol. The standard InChI is InChI=1S/C12H19NO3S/c1-4-16-9-12(13-2)10-5-7-11(8-6-10)17(3,14)15/h5-8,12-13H,4,9H2,1-3H3. The van der Waals surface area contributed by atoms with Crippen molar-refractivity contribution in [1.82, 2.24) is 5.32 Å². The number of sulfone groups is 1. The molecular weight excluding hydrogens is 238 g/mol. The fourth-order valence-corrected chi connectivity index (χ4v) is 2.16. The largest absolute Gasteiger partial charge is 0.380 e. The third-order valence-corrected chi connectivity index (χ3v) is 3.68. The maximum absolute atomic E-state index is 11.3. The number of likely N-dealkylation sites (N-methyl/N-ethyl adjacent to an activating group) is 1. The van der Waals surface area contributed by atoms with Crippen LogP contribution in [0, 0.1) is 0 Å². The van der Waals surface area contributed by atoms with Gasteiger partial charge in [-0.25, -0.2) is 8.42 Å². The van der Waals surface area contributed by atoms with Crippen molar-refractivity contribution < 1.29 is 13.2 Å². The van der Waals surface area contributed by atoms with Crippen LogP contribution in [0.15, 0.2) is 29.2 Å². The molecule has 0 radical (unpaired) electrons. The van der Waals surface area contributed by atoms with E-state index in [4.69, 9.17) is 4.74 Å². The lowest BCUT2D eigenvalue weighted by molar-refractivity contribution is 0.125. The molecule has 4 nitrogen and oxygen atoms in total. The van der Waals surface area contributed by atoms with Gasteiger partial charge >= 0.3 is 0 Å². The van der Waals surface area contributed by atoms with Crippen LogP contribution in [0.1, 0.15) is 18.5 Å². The molecule has 0 heterocycles. The van der Waals surface area contributed by atoms with Gasteiger partial charge in [0.25, 0.3) is 0 Å². The Kier molecular flexibility index (Phi) is 5.11. The van der Waals surface area contributed by atoms with Crippen LogP contribution in [0.4, 0.5) is 0 Å². The van der Waals surface area contributed by atoms with E-state index in [1.165, 1.54) is 6.26 Å². The molecule has 1 unspecified atom stereocenters. The van der Waals surface area contributed by atoms with E-state index in [0.29, 0.717) is 18.1 Å². The summed E-state index contributed by atoms with van der Waals surface area (Å²) in [7, 11) is -1.27. The molecule has 1 aromatic rings. The van der Waals surface area contributed by atoms with E-state index in [0.717, 1.165) is 5.56 Å². The first-order chi connectivity index (χ1) is 7.99. The Hall–Kier alpha value is -0.910. The Bertz CT molecular complexity index is 439. The molecule has 0 saturated carbocycles. The number of rotatable bonds is 6. The van der Waals surface area contributed by atoms with Crippen molar-refractivity contribution in [1.29, 1.82) is 0 Å². The summed E-state index contributed by atoms with van der Waals surface area (Å²) in [5.41, 5.74) is 1.02. The van der Waals surface area contributed by atoms with Gasteiger partial charge in [0.15, 0.2) is 9.84 Å². The fourth-order valence-electron chi connectivity index (χ4n) is 1.53. The van der Waals surface area contributed by atoms with Crippen molar-refractivity contribution in [2.45, 2.75) is 17.9 Å². The average molecular weight is 257 g/mol. The molecule has 17 heavy (non-hydrogen) atoms. The minimum absolute atomic E-state index is 0.0866. The van der Waals surface area contributed by atoms with Crippen molar-refractivity contribution >= 4 is 9.84 Å². The molecule has 0 aliphatic carbocycles. The van der Waals surface area contributed by atoms with E-state index in [-0.39, 0.29) is 6.04 Å². The molecule has 0 saturated heterocycles. The minimum atomic E-state index is -3.12. The van der Waals surface area contributed by atoms with Crippen molar-refractivity contribution in [2.24, 2.45) is 0 Å². The van der Waals surface area contributed by atoms with Gasteiger partial charge in [-0.2, -0.15) is 0 Å². The zero-order valence-electron chi connectivity index (χ0n) is 10.4. The first kappa shape index (κ1) is 14.2. The molecule has 0 aliphatic heterocycles. The maximum atomic E-state index is 11.3.